The highest BCUT2D eigenvalue weighted by atomic mass is 32.2. The van der Waals surface area contributed by atoms with Crippen LogP contribution in [0.3, 0.4) is 0 Å². The number of hydrogen-bond acceptors (Lipinski definition) is 4. The van der Waals surface area contributed by atoms with Gasteiger partial charge in [-0.1, -0.05) is 0 Å². The van der Waals surface area contributed by atoms with E-state index >= 15 is 0 Å². The Morgan fingerprint density at radius 3 is 2.64 bits per heavy atom. The van der Waals surface area contributed by atoms with E-state index in [2.05, 4.69) is 5.32 Å². The van der Waals surface area contributed by atoms with Crippen LogP contribution in [0.25, 0.3) is 0 Å². The predicted octanol–water partition coefficient (Wildman–Crippen LogP) is 0.508. The Hall–Kier alpha value is -1.96. The van der Waals surface area contributed by atoms with Crippen LogP contribution in [0.1, 0.15) is 17.9 Å². The van der Waals surface area contributed by atoms with E-state index in [0.29, 0.717) is 11.3 Å². The Morgan fingerprint density at radius 1 is 1.27 bits per heavy atom. The van der Waals surface area contributed by atoms with Gasteiger partial charge in [0.15, 0.2) is 9.84 Å². The average molecular weight is 326 g/mol. The molecule has 2 heterocycles. The Bertz CT molecular complexity index is 733. The van der Waals surface area contributed by atoms with Gasteiger partial charge in [-0.2, -0.15) is 0 Å². The van der Waals surface area contributed by atoms with Crippen LogP contribution >= 0.6 is 0 Å². The van der Waals surface area contributed by atoms with Crippen molar-refractivity contribution in [3.63, 3.8) is 0 Å². The van der Waals surface area contributed by atoms with Crippen LogP contribution in [0.15, 0.2) is 18.2 Å². The third-order valence-electron chi connectivity index (χ3n) is 4.01. The summed E-state index contributed by atoms with van der Waals surface area (Å²) in [4.78, 5) is 25.8. The molecule has 1 aromatic carbocycles. The van der Waals surface area contributed by atoms with Crippen LogP contribution in [0.4, 0.5) is 10.1 Å². The van der Waals surface area contributed by atoms with Gasteiger partial charge in [-0.25, -0.2) is 12.8 Å². The third kappa shape index (κ3) is 2.83. The number of carbonyl (C=O) groups is 2. The first-order valence-electron chi connectivity index (χ1n) is 6.94. The minimum Gasteiger partial charge on any atom is -0.340 e. The van der Waals surface area contributed by atoms with Gasteiger partial charge >= 0.3 is 0 Å². The van der Waals surface area contributed by atoms with Crippen molar-refractivity contribution < 1.29 is 22.4 Å². The Labute approximate surface area is 127 Å². The van der Waals surface area contributed by atoms with Crippen LogP contribution < -0.4 is 5.32 Å². The van der Waals surface area contributed by atoms with Crippen LogP contribution in [0.5, 0.6) is 0 Å². The summed E-state index contributed by atoms with van der Waals surface area (Å²) < 4.78 is 36.3. The third-order valence-corrected chi connectivity index (χ3v) is 5.62. The van der Waals surface area contributed by atoms with E-state index in [1.165, 1.54) is 23.1 Å². The maximum Gasteiger partial charge on any atom is 0.230 e. The molecular weight excluding hydrogens is 311 g/mol. The van der Waals surface area contributed by atoms with Gasteiger partial charge in [0.25, 0.3) is 0 Å². The molecule has 1 atom stereocenters. The molecule has 8 heteroatoms. The van der Waals surface area contributed by atoms with E-state index in [1.54, 1.807) is 0 Å². The molecule has 6 nitrogen and oxygen atoms in total. The second-order valence-electron chi connectivity index (χ2n) is 5.51. The molecule has 0 spiro atoms. The van der Waals surface area contributed by atoms with Crippen molar-refractivity contribution in [2.24, 2.45) is 0 Å². The number of halogens is 1. The molecule has 0 aliphatic carbocycles. The highest BCUT2D eigenvalue weighted by Gasteiger charge is 2.35. The molecule has 1 unspecified atom stereocenters. The van der Waals surface area contributed by atoms with Crippen molar-refractivity contribution in [1.29, 1.82) is 0 Å². The fourth-order valence-corrected chi connectivity index (χ4v) is 4.01. The summed E-state index contributed by atoms with van der Waals surface area (Å²) in [5.74, 6) is -2.02. The number of rotatable bonds is 1. The average Bonchev–Trinajstić information content (AvgIpc) is 2.46. The van der Waals surface area contributed by atoms with Crippen LogP contribution in [0.2, 0.25) is 0 Å². The zero-order valence-corrected chi connectivity index (χ0v) is 12.5. The summed E-state index contributed by atoms with van der Waals surface area (Å²) in [6.45, 7) is 0.230. The number of sulfone groups is 1. The summed E-state index contributed by atoms with van der Waals surface area (Å²) >= 11 is 0. The highest BCUT2D eigenvalue weighted by Crippen LogP contribution is 2.34. The number of nitrogens with one attached hydrogen (secondary N) is 1. The van der Waals surface area contributed by atoms with Crippen molar-refractivity contribution in [2.45, 2.75) is 12.3 Å². The first kappa shape index (κ1) is 15.0. The predicted molar refractivity (Wildman–Crippen MR) is 77.6 cm³/mol. The SMILES string of the molecule is O=C1CC(C(=O)N2CCS(=O)(=O)CC2)c2cc(F)ccc2N1. The summed E-state index contributed by atoms with van der Waals surface area (Å²) in [7, 11) is -3.09. The standard InChI is InChI=1S/C14H15FN2O4S/c15-9-1-2-12-10(7-9)11(8-13(18)16-12)14(19)17-3-5-22(20,21)6-4-17/h1-2,7,11H,3-6,8H2,(H,16,18). The molecule has 1 fully saturated rings. The zero-order valence-electron chi connectivity index (χ0n) is 11.7. The molecule has 0 bridgehead atoms. The maximum atomic E-state index is 13.5. The van der Waals surface area contributed by atoms with E-state index in [4.69, 9.17) is 0 Å². The van der Waals surface area contributed by atoms with Gasteiger partial charge in [0.2, 0.25) is 11.8 Å². The second-order valence-corrected chi connectivity index (χ2v) is 7.82. The van der Waals surface area contributed by atoms with E-state index in [9.17, 15) is 22.4 Å². The lowest BCUT2D eigenvalue weighted by molar-refractivity contribution is -0.134. The molecule has 1 N–H and O–H groups in total. The Balaban J connectivity index is 1.87. The topological polar surface area (TPSA) is 83.6 Å². The van der Waals surface area contributed by atoms with Crippen LogP contribution in [-0.2, 0) is 19.4 Å². The minimum atomic E-state index is -3.09. The van der Waals surface area contributed by atoms with Crippen LogP contribution in [0, 0.1) is 5.82 Å². The molecule has 2 amide bonds. The maximum absolute atomic E-state index is 13.5. The lowest BCUT2D eigenvalue weighted by Gasteiger charge is -2.32. The molecule has 1 aromatic rings. The number of fused-ring (bicyclic) bond motifs is 1. The number of nitrogens with zero attached hydrogens (tertiary/aromatic N) is 1. The first-order valence-corrected chi connectivity index (χ1v) is 8.76. The fourth-order valence-electron chi connectivity index (χ4n) is 2.81. The smallest absolute Gasteiger partial charge is 0.230 e. The number of carbonyl (C=O) groups excluding carboxylic acids is 2. The van der Waals surface area contributed by atoms with E-state index < -0.39 is 21.6 Å². The van der Waals surface area contributed by atoms with Gasteiger partial charge in [-0.05, 0) is 23.8 Å². The Morgan fingerprint density at radius 2 is 1.95 bits per heavy atom. The summed E-state index contributed by atoms with van der Waals surface area (Å²) in [5, 5.41) is 2.62. The molecule has 1 saturated heterocycles. The minimum absolute atomic E-state index is 0.0570. The van der Waals surface area contributed by atoms with Gasteiger partial charge < -0.3 is 10.2 Å². The summed E-state index contributed by atoms with van der Waals surface area (Å²) in [5.41, 5.74) is 0.874. The van der Waals surface area contributed by atoms with Crippen LogP contribution in [-0.4, -0.2) is 49.7 Å². The molecule has 2 aliphatic heterocycles. The molecule has 22 heavy (non-hydrogen) atoms. The molecule has 0 radical (unpaired) electrons. The van der Waals surface area contributed by atoms with Gasteiger partial charge in [0, 0.05) is 25.2 Å². The van der Waals surface area contributed by atoms with E-state index in [0.717, 1.165) is 0 Å². The van der Waals surface area contributed by atoms with E-state index in [-0.39, 0.29) is 42.8 Å². The first-order chi connectivity index (χ1) is 10.4. The molecule has 0 aromatic heterocycles. The van der Waals surface area contributed by atoms with Gasteiger partial charge in [-0.15, -0.1) is 0 Å². The van der Waals surface area contributed by atoms with Crippen molar-refractivity contribution in [2.75, 3.05) is 29.9 Å². The summed E-state index contributed by atoms with van der Waals surface area (Å²) in [6.07, 6.45) is -0.0570. The monoisotopic (exact) mass is 326 g/mol. The molecule has 3 rings (SSSR count). The van der Waals surface area contributed by atoms with Crippen molar-refractivity contribution >= 4 is 27.3 Å². The highest BCUT2D eigenvalue weighted by molar-refractivity contribution is 7.91. The van der Waals surface area contributed by atoms with Crippen molar-refractivity contribution in [3.8, 4) is 0 Å². The van der Waals surface area contributed by atoms with Crippen molar-refractivity contribution in [1.82, 2.24) is 4.90 Å². The number of anilines is 1. The van der Waals surface area contributed by atoms with Gasteiger partial charge in [0.1, 0.15) is 5.82 Å². The largest absolute Gasteiger partial charge is 0.340 e. The van der Waals surface area contributed by atoms with Crippen molar-refractivity contribution in [3.05, 3.63) is 29.6 Å². The lowest BCUT2D eigenvalue weighted by Crippen LogP contribution is -2.46. The summed E-state index contributed by atoms with van der Waals surface area (Å²) in [6, 6.07) is 3.90. The molecule has 2 aliphatic rings. The molecule has 0 saturated carbocycles. The van der Waals surface area contributed by atoms with Gasteiger partial charge in [-0.3, -0.25) is 9.59 Å². The van der Waals surface area contributed by atoms with E-state index in [1.807, 2.05) is 0 Å². The number of benzene rings is 1. The lowest BCUT2D eigenvalue weighted by atomic mass is 9.89. The van der Waals surface area contributed by atoms with Gasteiger partial charge in [0.05, 0.1) is 17.4 Å². The number of amides is 2. The molecule has 118 valence electrons. The number of hydrogen-bond donors (Lipinski definition) is 1. The quantitative estimate of drug-likeness (QED) is 0.815. The fraction of sp³-hybridized carbons (Fsp3) is 0.429. The zero-order chi connectivity index (χ0) is 15.9. The normalized spacial score (nSPS) is 23.6. The molecular formula is C14H15FN2O4S. The second kappa shape index (κ2) is 5.35. The Kier molecular flexibility index (Phi) is 3.64.